The van der Waals surface area contributed by atoms with Crippen LogP contribution in [0.5, 0.6) is 5.75 Å². The zero-order valence-corrected chi connectivity index (χ0v) is 12.6. The van der Waals surface area contributed by atoms with Gasteiger partial charge in [0.1, 0.15) is 30.0 Å². The zero-order valence-electron chi connectivity index (χ0n) is 11.9. The maximum atomic E-state index is 11.9. The van der Waals surface area contributed by atoms with Gasteiger partial charge in [-0.1, -0.05) is 11.6 Å². The number of rotatable bonds is 5. The fourth-order valence-corrected chi connectivity index (χ4v) is 1.94. The summed E-state index contributed by atoms with van der Waals surface area (Å²) in [5.41, 5.74) is 0. The minimum atomic E-state index is -0.324. The summed E-state index contributed by atoms with van der Waals surface area (Å²) in [6.07, 6.45) is 6.36. The Morgan fingerprint density at radius 1 is 1.26 bits per heavy atom. The van der Waals surface area contributed by atoms with Crippen LogP contribution < -0.4 is 10.1 Å². The molecule has 3 rings (SSSR count). The number of amides is 1. The first-order chi connectivity index (χ1) is 11.2. The minimum Gasteiger partial charge on any atom is -0.484 e. The fraction of sp³-hybridized carbons (Fsp3) is 0.0667. The topological polar surface area (TPSA) is 81.9 Å². The second kappa shape index (κ2) is 6.89. The Labute approximate surface area is 136 Å². The van der Waals surface area contributed by atoms with E-state index in [9.17, 15) is 4.79 Å². The molecule has 0 saturated carbocycles. The van der Waals surface area contributed by atoms with Crippen molar-refractivity contribution in [1.29, 1.82) is 0 Å². The molecule has 0 spiro atoms. The molecule has 116 valence electrons. The van der Waals surface area contributed by atoms with Crippen LogP contribution in [0.25, 0.3) is 5.82 Å². The third-order valence-corrected chi connectivity index (χ3v) is 3.12. The second-order valence-electron chi connectivity index (χ2n) is 4.52. The van der Waals surface area contributed by atoms with Gasteiger partial charge in [-0.2, -0.15) is 0 Å². The van der Waals surface area contributed by atoms with Crippen molar-refractivity contribution < 1.29 is 9.53 Å². The average molecular weight is 330 g/mol. The van der Waals surface area contributed by atoms with Crippen molar-refractivity contribution in [3.8, 4) is 11.6 Å². The van der Waals surface area contributed by atoms with Crippen LogP contribution in [0.4, 0.5) is 5.82 Å². The van der Waals surface area contributed by atoms with Crippen LogP contribution in [0.15, 0.2) is 55.4 Å². The van der Waals surface area contributed by atoms with Crippen LogP contribution >= 0.6 is 11.6 Å². The third-order valence-electron chi connectivity index (χ3n) is 2.87. The fourth-order valence-electron chi connectivity index (χ4n) is 1.81. The van der Waals surface area contributed by atoms with E-state index in [1.807, 2.05) is 0 Å². The number of carbonyl (C=O) groups excluding carboxylic acids is 1. The summed E-state index contributed by atoms with van der Waals surface area (Å²) in [4.78, 5) is 24.0. The van der Waals surface area contributed by atoms with E-state index in [4.69, 9.17) is 16.3 Å². The Bertz CT molecular complexity index is 790. The molecule has 8 heteroatoms. The maximum absolute atomic E-state index is 11.9. The lowest BCUT2D eigenvalue weighted by Gasteiger charge is -2.08. The highest BCUT2D eigenvalue weighted by atomic mass is 35.5. The number of halogens is 1. The molecule has 0 aliphatic rings. The Kier molecular flexibility index (Phi) is 4.49. The summed E-state index contributed by atoms with van der Waals surface area (Å²) in [6, 6.07) is 8.41. The first-order valence-electron chi connectivity index (χ1n) is 6.69. The first kappa shape index (κ1) is 15.0. The van der Waals surface area contributed by atoms with Crippen LogP contribution in [0.1, 0.15) is 0 Å². The normalized spacial score (nSPS) is 10.3. The number of carbonyl (C=O) groups is 1. The van der Waals surface area contributed by atoms with Gasteiger partial charge in [0.15, 0.2) is 6.61 Å². The van der Waals surface area contributed by atoms with Gasteiger partial charge in [-0.25, -0.2) is 15.0 Å². The number of benzene rings is 1. The van der Waals surface area contributed by atoms with Gasteiger partial charge in [0.2, 0.25) is 0 Å². The molecule has 7 nitrogen and oxygen atoms in total. The van der Waals surface area contributed by atoms with Crippen molar-refractivity contribution in [1.82, 2.24) is 19.5 Å². The summed E-state index contributed by atoms with van der Waals surface area (Å²) < 4.78 is 7.08. The van der Waals surface area contributed by atoms with Crippen LogP contribution in [-0.4, -0.2) is 32.0 Å². The summed E-state index contributed by atoms with van der Waals surface area (Å²) in [5, 5.41) is 3.26. The Morgan fingerprint density at radius 3 is 2.83 bits per heavy atom. The largest absolute Gasteiger partial charge is 0.484 e. The Balaban J connectivity index is 1.59. The quantitative estimate of drug-likeness (QED) is 0.777. The van der Waals surface area contributed by atoms with Gasteiger partial charge >= 0.3 is 0 Å². The molecule has 0 fully saturated rings. The van der Waals surface area contributed by atoms with Crippen molar-refractivity contribution in [2.24, 2.45) is 0 Å². The molecule has 0 unspecified atom stereocenters. The molecule has 1 amide bonds. The highest BCUT2D eigenvalue weighted by molar-refractivity contribution is 6.30. The van der Waals surface area contributed by atoms with E-state index in [-0.39, 0.29) is 12.5 Å². The molecule has 2 heterocycles. The van der Waals surface area contributed by atoms with Crippen molar-refractivity contribution >= 4 is 23.3 Å². The number of nitrogens with one attached hydrogen (secondary N) is 1. The lowest BCUT2D eigenvalue weighted by Crippen LogP contribution is -2.21. The number of imidazole rings is 1. The van der Waals surface area contributed by atoms with Crippen molar-refractivity contribution in [2.45, 2.75) is 0 Å². The molecule has 0 aliphatic carbocycles. The van der Waals surface area contributed by atoms with E-state index < -0.39 is 0 Å². The number of ether oxygens (including phenoxy) is 1. The number of aromatic nitrogens is 4. The van der Waals surface area contributed by atoms with Crippen molar-refractivity contribution in [3.63, 3.8) is 0 Å². The lowest BCUT2D eigenvalue weighted by atomic mass is 10.3. The second-order valence-corrected chi connectivity index (χ2v) is 4.96. The highest BCUT2D eigenvalue weighted by Crippen LogP contribution is 2.15. The molecular weight excluding hydrogens is 318 g/mol. The lowest BCUT2D eigenvalue weighted by molar-refractivity contribution is -0.118. The van der Waals surface area contributed by atoms with E-state index in [2.05, 4.69) is 20.3 Å². The monoisotopic (exact) mass is 329 g/mol. The standard InChI is InChI=1S/C15H12ClN5O2/c16-11-1-3-12(4-2-11)23-8-15(22)20-13-7-14(19-9-18-13)21-6-5-17-10-21/h1-7,9-10H,8H2,(H,18,19,20,22). The predicted molar refractivity (Wildman–Crippen MR) is 84.7 cm³/mol. The van der Waals surface area contributed by atoms with Crippen molar-refractivity contribution in [3.05, 3.63) is 60.4 Å². The average Bonchev–Trinajstić information content (AvgIpc) is 3.09. The molecule has 0 saturated heterocycles. The summed E-state index contributed by atoms with van der Waals surface area (Å²) >= 11 is 5.78. The summed E-state index contributed by atoms with van der Waals surface area (Å²) in [5.74, 6) is 1.22. The number of nitrogens with zero attached hydrogens (tertiary/aromatic N) is 4. The molecule has 3 aromatic rings. The van der Waals surface area contributed by atoms with Crippen molar-refractivity contribution in [2.75, 3.05) is 11.9 Å². The number of hydrogen-bond donors (Lipinski definition) is 1. The molecule has 1 aromatic carbocycles. The molecule has 0 radical (unpaired) electrons. The molecule has 0 aliphatic heterocycles. The van der Waals surface area contributed by atoms with Gasteiger partial charge in [-0.05, 0) is 24.3 Å². The summed E-state index contributed by atoms with van der Waals surface area (Å²) in [6.45, 7) is -0.133. The molecular formula is C15H12ClN5O2. The molecule has 0 bridgehead atoms. The van der Waals surface area contributed by atoms with Gasteiger partial charge in [-0.3, -0.25) is 9.36 Å². The van der Waals surface area contributed by atoms with Crippen LogP contribution in [0.2, 0.25) is 5.02 Å². The first-order valence-corrected chi connectivity index (χ1v) is 7.07. The zero-order chi connectivity index (χ0) is 16.1. The molecule has 1 N–H and O–H groups in total. The summed E-state index contributed by atoms with van der Waals surface area (Å²) in [7, 11) is 0. The van der Waals surface area contributed by atoms with E-state index in [0.717, 1.165) is 0 Å². The molecule has 23 heavy (non-hydrogen) atoms. The van der Waals surface area contributed by atoms with Crippen LogP contribution in [0, 0.1) is 0 Å². The van der Waals surface area contributed by atoms with Gasteiger partial charge < -0.3 is 10.1 Å². The SMILES string of the molecule is O=C(COc1ccc(Cl)cc1)Nc1cc(-n2ccnc2)ncn1. The van der Waals surface area contributed by atoms with Gasteiger partial charge in [-0.15, -0.1) is 0 Å². The van der Waals surface area contributed by atoms with Gasteiger partial charge in [0.05, 0.1) is 0 Å². The Hall–Kier alpha value is -2.93. The Morgan fingerprint density at radius 2 is 2.09 bits per heavy atom. The highest BCUT2D eigenvalue weighted by Gasteiger charge is 2.06. The third kappa shape index (κ3) is 4.04. The maximum Gasteiger partial charge on any atom is 0.263 e. The van der Waals surface area contributed by atoms with Gasteiger partial charge in [0, 0.05) is 23.5 Å². The van der Waals surface area contributed by atoms with Gasteiger partial charge in [0.25, 0.3) is 5.91 Å². The van der Waals surface area contributed by atoms with E-state index in [1.165, 1.54) is 6.33 Å². The molecule has 0 atom stereocenters. The van der Waals surface area contributed by atoms with E-state index >= 15 is 0 Å². The molecule has 2 aromatic heterocycles. The smallest absolute Gasteiger partial charge is 0.263 e. The number of anilines is 1. The minimum absolute atomic E-state index is 0.133. The number of hydrogen-bond acceptors (Lipinski definition) is 5. The van der Waals surface area contributed by atoms with Crippen LogP contribution in [-0.2, 0) is 4.79 Å². The predicted octanol–water partition coefficient (Wildman–Crippen LogP) is 2.33. The van der Waals surface area contributed by atoms with E-state index in [0.29, 0.717) is 22.4 Å². The van der Waals surface area contributed by atoms with E-state index in [1.54, 1.807) is 53.6 Å². The van der Waals surface area contributed by atoms with Crippen LogP contribution in [0.3, 0.4) is 0 Å².